The van der Waals surface area contributed by atoms with Crippen LogP contribution in [0.3, 0.4) is 0 Å². The summed E-state index contributed by atoms with van der Waals surface area (Å²) in [6.07, 6.45) is 2.85. The van der Waals surface area contributed by atoms with Crippen molar-refractivity contribution >= 4 is 35.0 Å². The topological polar surface area (TPSA) is 153 Å². The number of carbonyl (C=O) groups excluding carboxylic acids is 1. The number of amides is 1. The number of nitrogens with zero attached hydrogens (tertiary/aromatic N) is 7. The molecule has 178 valence electrons. The highest BCUT2D eigenvalue weighted by molar-refractivity contribution is 5.84. The monoisotopic (exact) mass is 468 g/mol. The molecule has 0 saturated carbocycles. The number of nitrogens with two attached hydrogens (primary N) is 2. The summed E-state index contributed by atoms with van der Waals surface area (Å²) in [6, 6.07) is 6.18. The molecule has 2 saturated heterocycles. The van der Waals surface area contributed by atoms with Crippen molar-refractivity contribution in [1.29, 1.82) is 0 Å². The summed E-state index contributed by atoms with van der Waals surface area (Å²) in [5.74, 6) is 0.227. The van der Waals surface area contributed by atoms with Gasteiger partial charge in [0.1, 0.15) is 24.0 Å². The van der Waals surface area contributed by atoms with Crippen molar-refractivity contribution in [2.24, 2.45) is 5.73 Å². The molecule has 5 rings (SSSR count). The number of morpholine rings is 1. The molecular formula is C21H25FN10O2. The van der Waals surface area contributed by atoms with Crippen molar-refractivity contribution in [3.8, 4) is 5.82 Å². The highest BCUT2D eigenvalue weighted by atomic mass is 19.1. The van der Waals surface area contributed by atoms with E-state index in [9.17, 15) is 9.18 Å². The Morgan fingerprint density at radius 1 is 1.15 bits per heavy atom. The lowest BCUT2D eigenvalue weighted by molar-refractivity contribution is -0.119. The van der Waals surface area contributed by atoms with Crippen molar-refractivity contribution in [2.75, 3.05) is 53.7 Å². The molecule has 0 unspecified atom stereocenters. The number of aromatic nitrogens is 5. The number of halogens is 1. The molecule has 0 radical (unpaired) electrons. The predicted octanol–water partition coefficient (Wildman–Crippen LogP) is 0.813. The SMILES string of the molecule is NC(=O)[C@H]1CCCN1c1cc(-n2nc(N)nc2Nc2ccc(N3CCOCC3)cc2F)ncn1. The van der Waals surface area contributed by atoms with Gasteiger partial charge in [0.05, 0.1) is 18.9 Å². The van der Waals surface area contributed by atoms with Gasteiger partial charge in [-0.05, 0) is 31.0 Å². The third kappa shape index (κ3) is 4.29. The normalized spacial score (nSPS) is 18.3. The minimum absolute atomic E-state index is 0.0100. The Morgan fingerprint density at radius 3 is 2.71 bits per heavy atom. The largest absolute Gasteiger partial charge is 0.378 e. The Balaban J connectivity index is 1.41. The average Bonchev–Trinajstić information content (AvgIpc) is 3.48. The molecule has 12 nitrogen and oxygen atoms in total. The Kier molecular flexibility index (Phi) is 5.84. The Hall–Kier alpha value is -4.00. The standard InChI is InChI=1S/C21H25FN10O2/c22-14-10-13(30-6-8-34-9-7-30)3-4-15(14)27-21-28-20(24)29-32(21)18-11-17(25-12-26-18)31-5-1-2-16(31)19(23)33/h3-4,10-12,16H,1-2,5-9H2,(H2,23,33)(H3,24,27,28,29)/t16-/m1/s1. The fraction of sp³-hybridized carbons (Fsp3) is 0.381. The van der Waals surface area contributed by atoms with Crippen LogP contribution in [-0.4, -0.2) is 69.5 Å². The average molecular weight is 468 g/mol. The molecule has 2 aliphatic heterocycles. The van der Waals surface area contributed by atoms with Crippen LogP contribution in [-0.2, 0) is 9.53 Å². The van der Waals surface area contributed by atoms with E-state index in [4.69, 9.17) is 16.2 Å². The second-order valence-corrected chi connectivity index (χ2v) is 8.08. The van der Waals surface area contributed by atoms with Crippen LogP contribution < -0.4 is 26.6 Å². The fourth-order valence-electron chi connectivity index (χ4n) is 4.26. The van der Waals surface area contributed by atoms with Gasteiger partial charge in [0.25, 0.3) is 0 Å². The molecule has 5 N–H and O–H groups in total. The Bertz CT molecular complexity index is 1200. The van der Waals surface area contributed by atoms with Gasteiger partial charge in [0.2, 0.25) is 17.8 Å². The van der Waals surface area contributed by atoms with Crippen LogP contribution in [0, 0.1) is 5.82 Å². The van der Waals surface area contributed by atoms with E-state index < -0.39 is 17.8 Å². The Labute approximate surface area is 194 Å². The molecular weight excluding hydrogens is 443 g/mol. The highest BCUT2D eigenvalue weighted by Gasteiger charge is 2.30. The van der Waals surface area contributed by atoms with Crippen molar-refractivity contribution < 1.29 is 13.9 Å². The van der Waals surface area contributed by atoms with Gasteiger partial charge >= 0.3 is 0 Å². The molecule has 3 aromatic rings. The number of nitrogens with one attached hydrogen (secondary N) is 1. The van der Waals surface area contributed by atoms with Gasteiger partial charge in [-0.25, -0.2) is 14.4 Å². The third-order valence-corrected chi connectivity index (χ3v) is 5.93. The van der Waals surface area contributed by atoms with E-state index in [1.807, 2.05) is 11.0 Å². The molecule has 1 atom stereocenters. The zero-order valence-electron chi connectivity index (χ0n) is 18.4. The maximum atomic E-state index is 14.9. The number of nitrogen functional groups attached to an aromatic ring is 1. The van der Waals surface area contributed by atoms with Crippen LogP contribution in [0.2, 0.25) is 0 Å². The van der Waals surface area contributed by atoms with Crippen molar-refractivity contribution in [3.63, 3.8) is 0 Å². The lowest BCUT2D eigenvalue weighted by Gasteiger charge is -2.29. The number of primary amides is 1. The zero-order valence-corrected chi connectivity index (χ0v) is 18.4. The van der Waals surface area contributed by atoms with Crippen LogP contribution in [0.5, 0.6) is 0 Å². The molecule has 0 spiro atoms. The summed E-state index contributed by atoms with van der Waals surface area (Å²) in [5, 5.41) is 7.14. The molecule has 34 heavy (non-hydrogen) atoms. The van der Waals surface area contributed by atoms with E-state index in [-0.39, 0.29) is 17.6 Å². The van der Waals surface area contributed by atoms with E-state index in [1.54, 1.807) is 12.1 Å². The lowest BCUT2D eigenvalue weighted by atomic mass is 10.2. The highest BCUT2D eigenvalue weighted by Crippen LogP contribution is 2.28. The first kappa shape index (κ1) is 21.8. The zero-order chi connectivity index (χ0) is 23.7. The van der Waals surface area contributed by atoms with Crippen LogP contribution in [0.1, 0.15) is 12.8 Å². The van der Waals surface area contributed by atoms with Gasteiger partial charge in [-0.1, -0.05) is 0 Å². The van der Waals surface area contributed by atoms with E-state index in [0.717, 1.165) is 12.1 Å². The van der Waals surface area contributed by atoms with Crippen LogP contribution >= 0.6 is 0 Å². The minimum Gasteiger partial charge on any atom is -0.378 e. The number of carbonyl (C=O) groups is 1. The molecule has 1 amide bonds. The van der Waals surface area contributed by atoms with Crippen molar-refractivity contribution in [2.45, 2.75) is 18.9 Å². The fourth-order valence-corrected chi connectivity index (χ4v) is 4.26. The molecule has 13 heteroatoms. The first-order valence-electron chi connectivity index (χ1n) is 11.0. The summed E-state index contributed by atoms with van der Waals surface area (Å²) >= 11 is 0. The second kappa shape index (κ2) is 9.09. The molecule has 2 aromatic heterocycles. The van der Waals surface area contributed by atoms with E-state index in [2.05, 4.69) is 30.3 Å². The number of hydrogen-bond acceptors (Lipinski definition) is 10. The van der Waals surface area contributed by atoms with Crippen molar-refractivity contribution in [1.82, 2.24) is 24.7 Å². The quantitative estimate of drug-likeness (QED) is 0.474. The summed E-state index contributed by atoms with van der Waals surface area (Å²) in [5.41, 5.74) is 12.4. The minimum atomic E-state index is -0.443. The van der Waals surface area contributed by atoms with E-state index in [1.165, 1.54) is 17.1 Å². The van der Waals surface area contributed by atoms with Crippen molar-refractivity contribution in [3.05, 3.63) is 36.4 Å². The van der Waals surface area contributed by atoms with Gasteiger partial charge in [0.15, 0.2) is 5.82 Å². The van der Waals surface area contributed by atoms with E-state index in [0.29, 0.717) is 50.9 Å². The lowest BCUT2D eigenvalue weighted by Crippen LogP contribution is -2.40. The van der Waals surface area contributed by atoms with Gasteiger partial charge in [-0.2, -0.15) is 9.67 Å². The van der Waals surface area contributed by atoms with Crippen LogP contribution in [0.15, 0.2) is 30.6 Å². The molecule has 2 aliphatic rings. The maximum Gasteiger partial charge on any atom is 0.241 e. The van der Waals surface area contributed by atoms with Gasteiger partial charge < -0.3 is 31.3 Å². The van der Waals surface area contributed by atoms with E-state index >= 15 is 0 Å². The predicted molar refractivity (Wildman–Crippen MR) is 124 cm³/mol. The first-order chi connectivity index (χ1) is 16.5. The first-order valence-corrected chi connectivity index (χ1v) is 11.0. The number of rotatable bonds is 6. The molecule has 0 aliphatic carbocycles. The summed E-state index contributed by atoms with van der Waals surface area (Å²) in [4.78, 5) is 28.4. The van der Waals surface area contributed by atoms with Gasteiger partial charge in [0, 0.05) is 31.4 Å². The molecule has 4 heterocycles. The smallest absolute Gasteiger partial charge is 0.241 e. The molecule has 1 aromatic carbocycles. The summed E-state index contributed by atoms with van der Waals surface area (Å²) in [7, 11) is 0. The third-order valence-electron chi connectivity index (χ3n) is 5.93. The number of benzene rings is 1. The van der Waals surface area contributed by atoms with Gasteiger partial charge in [-0.3, -0.25) is 4.79 Å². The maximum absolute atomic E-state index is 14.9. The van der Waals surface area contributed by atoms with Crippen LogP contribution in [0.4, 0.5) is 33.5 Å². The number of anilines is 5. The van der Waals surface area contributed by atoms with Crippen LogP contribution in [0.25, 0.3) is 5.82 Å². The summed E-state index contributed by atoms with van der Waals surface area (Å²) in [6.45, 7) is 3.29. The summed E-state index contributed by atoms with van der Waals surface area (Å²) < 4.78 is 21.7. The van der Waals surface area contributed by atoms with Gasteiger partial charge in [-0.15, -0.1) is 5.10 Å². The second-order valence-electron chi connectivity index (χ2n) is 8.08. The number of hydrogen-bond donors (Lipinski definition) is 3. The molecule has 2 fully saturated rings. The molecule has 0 bridgehead atoms. The number of ether oxygens (including phenoxy) is 1. The Morgan fingerprint density at radius 2 is 1.94 bits per heavy atom.